The molecule has 1 aromatic rings. The van der Waals surface area contributed by atoms with E-state index in [0.29, 0.717) is 19.6 Å². The van der Waals surface area contributed by atoms with Crippen molar-refractivity contribution in [1.29, 1.82) is 0 Å². The molecule has 0 aliphatic heterocycles. The van der Waals surface area contributed by atoms with Gasteiger partial charge in [-0.15, -0.1) is 0 Å². The molecule has 0 spiro atoms. The molecule has 0 bridgehead atoms. The number of nitrogens with two attached hydrogens (primary N) is 1. The maximum atomic E-state index is 12.4. The second-order valence-corrected chi connectivity index (χ2v) is 6.08. The molecule has 1 aromatic carbocycles. The van der Waals surface area contributed by atoms with Crippen LogP contribution >= 0.6 is 0 Å². The molecule has 0 heterocycles. The third-order valence-electron chi connectivity index (χ3n) is 4.47. The summed E-state index contributed by atoms with van der Waals surface area (Å²) in [4.78, 5) is 12.4. The van der Waals surface area contributed by atoms with Crippen LogP contribution in [-0.2, 0) is 16.1 Å². The Balaban J connectivity index is 2.01. The topological polar surface area (TPSA) is 64.3 Å². The third kappa shape index (κ3) is 4.29. The van der Waals surface area contributed by atoms with E-state index in [2.05, 4.69) is 5.32 Å². The highest BCUT2D eigenvalue weighted by Crippen LogP contribution is 2.38. The molecule has 4 nitrogen and oxygen atoms in total. The van der Waals surface area contributed by atoms with E-state index in [1.165, 1.54) is 19.3 Å². The van der Waals surface area contributed by atoms with E-state index in [4.69, 9.17) is 10.5 Å². The van der Waals surface area contributed by atoms with Crippen LogP contribution in [0.4, 0.5) is 5.69 Å². The van der Waals surface area contributed by atoms with Gasteiger partial charge in [0, 0.05) is 24.8 Å². The van der Waals surface area contributed by atoms with Crippen molar-refractivity contribution < 1.29 is 9.53 Å². The molecule has 2 rings (SSSR count). The number of nitrogens with one attached hydrogen (secondary N) is 1. The Hall–Kier alpha value is -1.39. The maximum Gasteiger partial charge on any atom is 0.224 e. The van der Waals surface area contributed by atoms with Gasteiger partial charge in [0.25, 0.3) is 0 Å². The molecule has 0 radical (unpaired) electrons. The second-order valence-electron chi connectivity index (χ2n) is 6.08. The molecule has 0 atom stereocenters. The van der Waals surface area contributed by atoms with E-state index in [0.717, 1.165) is 24.1 Å². The van der Waals surface area contributed by atoms with Crippen LogP contribution < -0.4 is 11.1 Å². The van der Waals surface area contributed by atoms with Crippen molar-refractivity contribution in [2.75, 3.05) is 19.0 Å². The first-order chi connectivity index (χ1) is 10.2. The molecule has 1 aliphatic carbocycles. The monoisotopic (exact) mass is 290 g/mol. The normalized spacial score (nSPS) is 17.4. The number of amides is 1. The molecule has 21 heavy (non-hydrogen) atoms. The van der Waals surface area contributed by atoms with Gasteiger partial charge < -0.3 is 15.8 Å². The fraction of sp³-hybridized carbons (Fsp3) is 0.588. The van der Waals surface area contributed by atoms with Crippen molar-refractivity contribution in [3.05, 3.63) is 29.8 Å². The van der Waals surface area contributed by atoms with Crippen LogP contribution in [0.25, 0.3) is 0 Å². The first kappa shape index (κ1) is 16.0. The summed E-state index contributed by atoms with van der Waals surface area (Å²) in [5, 5.41) is 3.03. The number of hydrogen-bond acceptors (Lipinski definition) is 3. The summed E-state index contributed by atoms with van der Waals surface area (Å²) in [6, 6.07) is 7.77. The average Bonchev–Trinajstić information content (AvgIpc) is 2.50. The first-order valence-electron chi connectivity index (χ1n) is 7.76. The molecule has 116 valence electrons. The van der Waals surface area contributed by atoms with Gasteiger partial charge >= 0.3 is 0 Å². The van der Waals surface area contributed by atoms with Crippen LogP contribution in [0.5, 0.6) is 0 Å². The summed E-state index contributed by atoms with van der Waals surface area (Å²) < 4.78 is 5.17. The Morgan fingerprint density at radius 3 is 2.67 bits per heavy atom. The van der Waals surface area contributed by atoms with E-state index in [-0.39, 0.29) is 11.3 Å². The van der Waals surface area contributed by atoms with Crippen molar-refractivity contribution >= 4 is 11.6 Å². The molecule has 1 amide bonds. The van der Waals surface area contributed by atoms with Crippen LogP contribution in [0.1, 0.15) is 44.1 Å². The minimum atomic E-state index is -0.00146. The third-order valence-corrected chi connectivity index (χ3v) is 4.47. The number of anilines is 1. The minimum Gasteiger partial charge on any atom is -0.380 e. The highest BCUT2D eigenvalue weighted by atomic mass is 16.5. The summed E-state index contributed by atoms with van der Waals surface area (Å²) in [5.74, 6) is 0.0610. The number of rotatable bonds is 6. The zero-order valence-corrected chi connectivity index (χ0v) is 12.9. The van der Waals surface area contributed by atoms with E-state index < -0.39 is 0 Å². The van der Waals surface area contributed by atoms with Crippen LogP contribution in [0.2, 0.25) is 0 Å². The lowest BCUT2D eigenvalue weighted by molar-refractivity contribution is -0.118. The van der Waals surface area contributed by atoms with Crippen LogP contribution in [0, 0.1) is 5.41 Å². The van der Waals surface area contributed by atoms with Gasteiger partial charge in [0.1, 0.15) is 0 Å². The molecule has 1 aliphatic rings. The lowest BCUT2D eigenvalue weighted by Gasteiger charge is -2.35. The fourth-order valence-electron chi connectivity index (χ4n) is 3.21. The molecule has 0 unspecified atom stereocenters. The smallest absolute Gasteiger partial charge is 0.224 e. The minimum absolute atomic E-state index is 0.00146. The Morgan fingerprint density at radius 1 is 1.29 bits per heavy atom. The average molecular weight is 290 g/mol. The Bertz CT molecular complexity index is 468. The fourth-order valence-corrected chi connectivity index (χ4v) is 3.21. The highest BCUT2D eigenvalue weighted by molar-refractivity contribution is 5.92. The van der Waals surface area contributed by atoms with Gasteiger partial charge in [-0.3, -0.25) is 4.79 Å². The summed E-state index contributed by atoms with van der Waals surface area (Å²) >= 11 is 0. The number of para-hydroxylation sites is 1. The van der Waals surface area contributed by atoms with Crippen molar-refractivity contribution in [1.82, 2.24) is 0 Å². The molecule has 1 saturated carbocycles. The summed E-state index contributed by atoms with van der Waals surface area (Å²) in [6.07, 6.45) is 6.29. The van der Waals surface area contributed by atoms with Crippen molar-refractivity contribution in [3.8, 4) is 0 Å². The van der Waals surface area contributed by atoms with E-state index in [1.807, 2.05) is 24.3 Å². The molecule has 1 fully saturated rings. The predicted octanol–water partition coefficient (Wildman–Crippen LogP) is 3.07. The predicted molar refractivity (Wildman–Crippen MR) is 85.0 cm³/mol. The summed E-state index contributed by atoms with van der Waals surface area (Å²) in [5.41, 5.74) is 7.80. The Labute approximate surface area is 127 Å². The molecule has 4 heteroatoms. The standard InChI is InChI=1S/C17H26N2O2/c1-21-12-14-7-3-4-8-15(14)19-16(20)11-17(13-18)9-5-2-6-10-17/h3-4,7-8H,2,5-6,9-13,18H2,1H3,(H,19,20). The van der Waals surface area contributed by atoms with E-state index >= 15 is 0 Å². The summed E-state index contributed by atoms with van der Waals surface area (Å²) in [7, 11) is 1.66. The van der Waals surface area contributed by atoms with Crippen molar-refractivity contribution in [3.63, 3.8) is 0 Å². The van der Waals surface area contributed by atoms with Gasteiger partial charge in [0.2, 0.25) is 5.91 Å². The maximum absolute atomic E-state index is 12.4. The van der Waals surface area contributed by atoms with Gasteiger partial charge in [-0.2, -0.15) is 0 Å². The SMILES string of the molecule is COCc1ccccc1NC(=O)CC1(CN)CCCCC1. The molecular formula is C17H26N2O2. The number of hydrogen-bond donors (Lipinski definition) is 2. The Kier molecular flexibility index (Phi) is 5.76. The lowest BCUT2D eigenvalue weighted by Crippen LogP contribution is -2.36. The Morgan fingerprint density at radius 2 is 2.00 bits per heavy atom. The van der Waals surface area contributed by atoms with Gasteiger partial charge in [-0.25, -0.2) is 0 Å². The molecule has 0 aromatic heterocycles. The van der Waals surface area contributed by atoms with Crippen molar-refractivity contribution in [2.45, 2.75) is 45.1 Å². The van der Waals surface area contributed by atoms with Gasteiger partial charge in [0.05, 0.1) is 6.61 Å². The van der Waals surface area contributed by atoms with Crippen LogP contribution in [0.15, 0.2) is 24.3 Å². The molecule has 0 saturated heterocycles. The largest absolute Gasteiger partial charge is 0.380 e. The lowest BCUT2D eigenvalue weighted by atomic mass is 9.71. The van der Waals surface area contributed by atoms with Gasteiger partial charge in [-0.05, 0) is 30.9 Å². The molecular weight excluding hydrogens is 264 g/mol. The molecule has 3 N–H and O–H groups in total. The zero-order valence-electron chi connectivity index (χ0n) is 12.9. The number of ether oxygens (including phenoxy) is 1. The summed E-state index contributed by atoms with van der Waals surface area (Å²) in [6.45, 7) is 1.10. The highest BCUT2D eigenvalue weighted by Gasteiger charge is 2.33. The number of methoxy groups -OCH3 is 1. The van der Waals surface area contributed by atoms with Crippen LogP contribution in [-0.4, -0.2) is 19.6 Å². The quantitative estimate of drug-likeness (QED) is 0.846. The van der Waals surface area contributed by atoms with Crippen molar-refractivity contribution in [2.24, 2.45) is 11.1 Å². The second kappa shape index (κ2) is 7.57. The van der Waals surface area contributed by atoms with Gasteiger partial charge in [-0.1, -0.05) is 37.5 Å². The van der Waals surface area contributed by atoms with E-state index in [9.17, 15) is 4.79 Å². The zero-order chi connectivity index (χ0) is 15.1. The number of carbonyl (C=O) groups is 1. The van der Waals surface area contributed by atoms with E-state index in [1.54, 1.807) is 7.11 Å². The van der Waals surface area contributed by atoms with Gasteiger partial charge in [0.15, 0.2) is 0 Å². The van der Waals surface area contributed by atoms with Crippen LogP contribution in [0.3, 0.4) is 0 Å². The number of carbonyl (C=O) groups excluding carboxylic acids is 1. The first-order valence-corrected chi connectivity index (χ1v) is 7.76. The number of benzene rings is 1.